The molecular weight excluding hydrogens is 292 g/mol. The van der Waals surface area contributed by atoms with Crippen molar-refractivity contribution < 1.29 is 19.4 Å². The summed E-state index contributed by atoms with van der Waals surface area (Å²) in [5, 5.41) is 8.83. The van der Waals surface area contributed by atoms with E-state index in [-0.39, 0.29) is 17.7 Å². The van der Waals surface area contributed by atoms with E-state index in [0.717, 1.165) is 5.69 Å². The van der Waals surface area contributed by atoms with Gasteiger partial charge in [-0.15, -0.1) is 11.3 Å². The Morgan fingerprint density at radius 2 is 2.24 bits per heavy atom. The van der Waals surface area contributed by atoms with Crippen LogP contribution in [0.2, 0.25) is 0 Å². The second kappa shape index (κ2) is 6.11. The lowest BCUT2D eigenvalue weighted by Crippen LogP contribution is -2.46. The summed E-state index contributed by atoms with van der Waals surface area (Å²) >= 11 is 1.33. The molecule has 0 spiro atoms. The van der Waals surface area contributed by atoms with Gasteiger partial charge in [0.05, 0.1) is 30.3 Å². The molecule has 0 radical (unpaired) electrons. The number of aromatic nitrogens is 1. The molecule has 7 heteroatoms. The number of carbonyl (C=O) groups is 2. The van der Waals surface area contributed by atoms with Gasteiger partial charge in [0.15, 0.2) is 0 Å². The fourth-order valence-corrected chi connectivity index (χ4v) is 3.26. The lowest BCUT2D eigenvalue weighted by molar-refractivity contribution is -0.141. The first-order chi connectivity index (χ1) is 9.79. The average Bonchev–Trinajstić information content (AvgIpc) is 2.86. The van der Waals surface area contributed by atoms with Gasteiger partial charge in [0.25, 0.3) is 5.91 Å². The number of carboxylic acid groups (broad SMARTS) is 1. The molecule has 0 unspecified atom stereocenters. The van der Waals surface area contributed by atoms with E-state index >= 15 is 0 Å². The zero-order chi connectivity index (χ0) is 15.6. The summed E-state index contributed by atoms with van der Waals surface area (Å²) in [6.45, 7) is 7.22. The first-order valence-corrected chi connectivity index (χ1v) is 7.73. The molecule has 2 rings (SSSR count). The molecule has 0 aromatic carbocycles. The predicted molar refractivity (Wildman–Crippen MR) is 78.7 cm³/mol. The summed E-state index contributed by atoms with van der Waals surface area (Å²) in [6, 6.07) is 0. The van der Waals surface area contributed by atoms with Crippen molar-refractivity contribution >= 4 is 23.2 Å². The molecule has 116 valence electrons. The van der Waals surface area contributed by atoms with Crippen LogP contribution in [-0.2, 0) is 14.9 Å². The Kier molecular flexibility index (Phi) is 4.63. The molecule has 1 aromatic heterocycles. The Hall–Kier alpha value is -1.47. The lowest BCUT2D eigenvalue weighted by Gasteiger charge is -2.32. The zero-order valence-electron chi connectivity index (χ0n) is 12.5. The average molecular weight is 312 g/mol. The predicted octanol–water partition coefficient (Wildman–Crippen LogP) is 1.76. The van der Waals surface area contributed by atoms with Crippen LogP contribution < -0.4 is 0 Å². The molecule has 0 aliphatic carbocycles. The third-order valence-corrected chi connectivity index (χ3v) is 4.11. The third kappa shape index (κ3) is 3.79. The molecule has 1 aliphatic rings. The monoisotopic (exact) mass is 312 g/mol. The standard InChI is InChI=1S/C14H20N2O4S/c1-14(2,3)12-11(21-8-15-12)13(19)16-4-5-20-9(7-16)6-10(17)18/h8-9H,4-7H2,1-3H3,(H,17,18)/t9-/m0/s1. The topological polar surface area (TPSA) is 79.7 Å². The fraction of sp³-hybridized carbons (Fsp3) is 0.643. The van der Waals surface area contributed by atoms with Crippen LogP contribution >= 0.6 is 11.3 Å². The number of rotatable bonds is 3. The first-order valence-electron chi connectivity index (χ1n) is 6.85. The molecule has 1 fully saturated rings. The molecule has 1 N–H and O–H groups in total. The Morgan fingerprint density at radius 3 is 2.86 bits per heavy atom. The highest BCUT2D eigenvalue weighted by Gasteiger charge is 2.31. The fourth-order valence-electron chi connectivity index (χ4n) is 2.30. The summed E-state index contributed by atoms with van der Waals surface area (Å²) in [6.07, 6.45) is -0.523. The van der Waals surface area contributed by atoms with E-state index in [9.17, 15) is 9.59 Å². The number of morpholine rings is 1. The maximum absolute atomic E-state index is 12.7. The highest BCUT2D eigenvalue weighted by atomic mass is 32.1. The summed E-state index contributed by atoms with van der Waals surface area (Å²) in [5.74, 6) is -0.997. The van der Waals surface area contributed by atoms with E-state index in [1.165, 1.54) is 11.3 Å². The van der Waals surface area contributed by atoms with Crippen molar-refractivity contribution in [2.24, 2.45) is 0 Å². The number of carboxylic acids is 1. The Labute approximate surface area is 127 Å². The van der Waals surface area contributed by atoms with Crippen molar-refractivity contribution in [3.05, 3.63) is 16.1 Å². The van der Waals surface area contributed by atoms with E-state index in [1.54, 1.807) is 10.4 Å². The van der Waals surface area contributed by atoms with Crippen molar-refractivity contribution in [1.29, 1.82) is 0 Å². The van der Waals surface area contributed by atoms with Crippen molar-refractivity contribution in [1.82, 2.24) is 9.88 Å². The number of hydrogen-bond donors (Lipinski definition) is 1. The van der Waals surface area contributed by atoms with Gasteiger partial charge in [-0.3, -0.25) is 9.59 Å². The molecule has 21 heavy (non-hydrogen) atoms. The number of nitrogens with zero attached hydrogens (tertiary/aromatic N) is 2. The number of hydrogen-bond acceptors (Lipinski definition) is 5. The van der Waals surface area contributed by atoms with Crippen molar-refractivity contribution in [2.75, 3.05) is 19.7 Å². The number of carbonyl (C=O) groups excluding carboxylic acids is 1. The Morgan fingerprint density at radius 1 is 1.52 bits per heavy atom. The van der Waals surface area contributed by atoms with Gasteiger partial charge in [-0.25, -0.2) is 4.98 Å². The summed E-state index contributed by atoms with van der Waals surface area (Å²) in [5.41, 5.74) is 2.28. The van der Waals surface area contributed by atoms with E-state index in [1.807, 2.05) is 20.8 Å². The lowest BCUT2D eigenvalue weighted by atomic mass is 9.91. The van der Waals surface area contributed by atoms with Crippen molar-refractivity contribution in [2.45, 2.75) is 38.7 Å². The van der Waals surface area contributed by atoms with Crippen molar-refractivity contribution in [3.8, 4) is 0 Å². The largest absolute Gasteiger partial charge is 0.481 e. The molecule has 1 aromatic rings. The van der Waals surface area contributed by atoms with Gasteiger partial charge < -0.3 is 14.7 Å². The Balaban J connectivity index is 2.13. The van der Waals surface area contributed by atoms with E-state index < -0.39 is 12.1 Å². The molecule has 1 atom stereocenters. The van der Waals surface area contributed by atoms with Crippen LogP contribution in [0.25, 0.3) is 0 Å². The maximum atomic E-state index is 12.7. The van der Waals surface area contributed by atoms with Gasteiger partial charge in [0.1, 0.15) is 4.88 Å². The van der Waals surface area contributed by atoms with Crippen LogP contribution in [0.1, 0.15) is 42.6 Å². The molecule has 0 bridgehead atoms. The highest BCUT2D eigenvalue weighted by Crippen LogP contribution is 2.28. The van der Waals surface area contributed by atoms with E-state index in [4.69, 9.17) is 9.84 Å². The van der Waals surface area contributed by atoms with Crippen LogP contribution in [0.4, 0.5) is 0 Å². The molecule has 1 amide bonds. The first kappa shape index (κ1) is 15.9. The second-order valence-corrected chi connectivity index (χ2v) is 6.98. The minimum absolute atomic E-state index is 0.0823. The number of aliphatic carboxylic acids is 1. The van der Waals surface area contributed by atoms with Crippen LogP contribution in [0.5, 0.6) is 0 Å². The van der Waals surface area contributed by atoms with Gasteiger partial charge in [-0.2, -0.15) is 0 Å². The molecular formula is C14H20N2O4S. The minimum Gasteiger partial charge on any atom is -0.481 e. The molecule has 0 saturated carbocycles. The maximum Gasteiger partial charge on any atom is 0.306 e. The van der Waals surface area contributed by atoms with Gasteiger partial charge in [0, 0.05) is 18.5 Å². The second-order valence-electron chi connectivity index (χ2n) is 6.12. The number of thiazole rings is 1. The van der Waals surface area contributed by atoms with Crippen LogP contribution in [0.3, 0.4) is 0 Å². The Bertz CT molecular complexity index is 535. The van der Waals surface area contributed by atoms with Gasteiger partial charge in [-0.05, 0) is 0 Å². The minimum atomic E-state index is -0.914. The number of amides is 1. The van der Waals surface area contributed by atoms with Crippen LogP contribution in [-0.4, -0.2) is 52.7 Å². The van der Waals surface area contributed by atoms with Gasteiger partial charge in [0.2, 0.25) is 0 Å². The van der Waals surface area contributed by atoms with E-state index in [0.29, 0.717) is 24.6 Å². The smallest absolute Gasteiger partial charge is 0.306 e. The van der Waals surface area contributed by atoms with E-state index in [2.05, 4.69) is 4.98 Å². The molecule has 2 heterocycles. The molecule has 1 aliphatic heterocycles. The normalized spacial score (nSPS) is 19.6. The molecule has 1 saturated heterocycles. The third-order valence-electron chi connectivity index (χ3n) is 3.30. The summed E-state index contributed by atoms with van der Waals surface area (Å²) in [4.78, 5) is 30.0. The molecule has 6 nitrogen and oxygen atoms in total. The quantitative estimate of drug-likeness (QED) is 0.920. The van der Waals surface area contributed by atoms with Gasteiger partial charge in [-0.1, -0.05) is 20.8 Å². The van der Waals surface area contributed by atoms with Crippen LogP contribution in [0.15, 0.2) is 5.51 Å². The summed E-state index contributed by atoms with van der Waals surface area (Å²) in [7, 11) is 0. The number of ether oxygens (including phenoxy) is 1. The zero-order valence-corrected chi connectivity index (χ0v) is 13.3. The van der Waals surface area contributed by atoms with Gasteiger partial charge >= 0.3 is 5.97 Å². The summed E-state index contributed by atoms with van der Waals surface area (Å²) < 4.78 is 5.40. The van der Waals surface area contributed by atoms with Crippen molar-refractivity contribution in [3.63, 3.8) is 0 Å². The highest BCUT2D eigenvalue weighted by molar-refractivity contribution is 7.11. The SMILES string of the molecule is CC(C)(C)c1ncsc1C(=O)N1CCO[C@@H](CC(=O)O)C1. The van der Waals surface area contributed by atoms with Crippen LogP contribution in [0, 0.1) is 0 Å².